The maximum atomic E-state index is 11.7. The first-order chi connectivity index (χ1) is 7.33. The van der Waals surface area contributed by atoms with Gasteiger partial charge in [-0.25, -0.2) is 0 Å². The van der Waals surface area contributed by atoms with Crippen molar-refractivity contribution in [2.24, 2.45) is 17.8 Å². The highest BCUT2D eigenvalue weighted by Crippen LogP contribution is 2.37. The van der Waals surface area contributed by atoms with Crippen LogP contribution in [0.3, 0.4) is 0 Å². The lowest BCUT2D eigenvalue weighted by Gasteiger charge is -2.27. The predicted octanol–water partition coefficient (Wildman–Crippen LogP) is 1.15. The zero-order valence-corrected chi connectivity index (χ0v) is 9.59. The second-order valence-corrected chi connectivity index (χ2v) is 4.95. The van der Waals surface area contributed by atoms with E-state index in [-0.39, 0.29) is 5.92 Å². The van der Waals surface area contributed by atoms with E-state index >= 15 is 0 Å². The number of carbonyl (C=O) groups excluding carboxylic acids is 1. The number of carbonyl (C=O) groups is 1. The molecule has 2 aliphatic rings. The molecule has 0 spiro atoms. The van der Waals surface area contributed by atoms with Crippen LogP contribution in [0.15, 0.2) is 0 Å². The highest BCUT2D eigenvalue weighted by atomic mass is 16.2. The van der Waals surface area contributed by atoms with Crippen molar-refractivity contribution in [2.75, 3.05) is 20.1 Å². The summed E-state index contributed by atoms with van der Waals surface area (Å²) in [5.74, 6) is 1.92. The lowest BCUT2D eigenvalue weighted by atomic mass is 9.79. The van der Waals surface area contributed by atoms with E-state index in [1.165, 1.54) is 25.7 Å². The van der Waals surface area contributed by atoms with Crippen molar-refractivity contribution in [1.29, 1.82) is 0 Å². The van der Waals surface area contributed by atoms with Crippen LogP contribution in [-0.4, -0.2) is 26.0 Å². The van der Waals surface area contributed by atoms with Crippen molar-refractivity contribution in [2.45, 2.75) is 32.1 Å². The number of amides is 1. The highest BCUT2D eigenvalue weighted by molar-refractivity contribution is 5.80. The molecule has 0 aromatic heterocycles. The van der Waals surface area contributed by atoms with E-state index in [0.717, 1.165) is 25.4 Å². The maximum Gasteiger partial charge on any atom is 0.223 e. The molecule has 15 heavy (non-hydrogen) atoms. The maximum absolute atomic E-state index is 11.7. The SMILES string of the molecule is CNCC(C1CCCC1)C1CCNC1=O. The fourth-order valence-electron chi connectivity index (χ4n) is 3.28. The van der Waals surface area contributed by atoms with Gasteiger partial charge >= 0.3 is 0 Å². The van der Waals surface area contributed by atoms with E-state index in [1.807, 2.05) is 7.05 Å². The monoisotopic (exact) mass is 210 g/mol. The van der Waals surface area contributed by atoms with E-state index in [0.29, 0.717) is 11.8 Å². The largest absolute Gasteiger partial charge is 0.356 e. The van der Waals surface area contributed by atoms with Gasteiger partial charge in [-0.1, -0.05) is 25.7 Å². The minimum Gasteiger partial charge on any atom is -0.356 e. The lowest BCUT2D eigenvalue weighted by Crippen LogP contribution is -2.35. The van der Waals surface area contributed by atoms with Gasteiger partial charge in [0.1, 0.15) is 0 Å². The summed E-state index contributed by atoms with van der Waals surface area (Å²) in [6, 6.07) is 0. The van der Waals surface area contributed by atoms with E-state index < -0.39 is 0 Å². The molecule has 2 atom stereocenters. The summed E-state index contributed by atoms with van der Waals surface area (Å²) in [6.45, 7) is 1.89. The van der Waals surface area contributed by atoms with Crippen molar-refractivity contribution >= 4 is 5.91 Å². The summed E-state index contributed by atoms with van der Waals surface area (Å²) in [5.41, 5.74) is 0. The van der Waals surface area contributed by atoms with Gasteiger partial charge in [0, 0.05) is 12.5 Å². The van der Waals surface area contributed by atoms with E-state index in [1.54, 1.807) is 0 Å². The van der Waals surface area contributed by atoms with E-state index in [9.17, 15) is 4.79 Å². The van der Waals surface area contributed by atoms with Gasteiger partial charge in [0.15, 0.2) is 0 Å². The molecule has 0 radical (unpaired) electrons. The number of rotatable bonds is 4. The topological polar surface area (TPSA) is 41.1 Å². The molecule has 0 aromatic carbocycles. The Hall–Kier alpha value is -0.570. The molecule has 1 aliphatic carbocycles. The van der Waals surface area contributed by atoms with Crippen LogP contribution in [0.25, 0.3) is 0 Å². The van der Waals surface area contributed by atoms with Crippen molar-refractivity contribution < 1.29 is 4.79 Å². The van der Waals surface area contributed by atoms with Gasteiger partial charge in [0.05, 0.1) is 0 Å². The molecule has 2 fully saturated rings. The molecule has 86 valence electrons. The number of hydrogen-bond donors (Lipinski definition) is 2. The van der Waals surface area contributed by atoms with Gasteiger partial charge in [-0.3, -0.25) is 4.79 Å². The quantitative estimate of drug-likeness (QED) is 0.731. The Morgan fingerprint density at radius 2 is 2.13 bits per heavy atom. The van der Waals surface area contributed by atoms with Gasteiger partial charge in [-0.05, 0) is 31.8 Å². The van der Waals surface area contributed by atoms with E-state index in [2.05, 4.69) is 10.6 Å². The minimum absolute atomic E-state index is 0.278. The summed E-state index contributed by atoms with van der Waals surface area (Å²) in [7, 11) is 1.99. The van der Waals surface area contributed by atoms with Gasteiger partial charge < -0.3 is 10.6 Å². The second-order valence-electron chi connectivity index (χ2n) is 4.95. The highest BCUT2D eigenvalue weighted by Gasteiger charge is 2.37. The van der Waals surface area contributed by atoms with Crippen LogP contribution >= 0.6 is 0 Å². The zero-order chi connectivity index (χ0) is 10.7. The Labute approximate surface area is 92.0 Å². The van der Waals surface area contributed by atoms with Crippen LogP contribution < -0.4 is 10.6 Å². The molecule has 3 heteroatoms. The minimum atomic E-state index is 0.278. The summed E-state index contributed by atoms with van der Waals surface area (Å²) < 4.78 is 0. The average Bonchev–Trinajstić information content (AvgIpc) is 2.85. The van der Waals surface area contributed by atoms with Crippen molar-refractivity contribution in [3.63, 3.8) is 0 Å². The third kappa shape index (κ3) is 2.33. The first-order valence-corrected chi connectivity index (χ1v) is 6.25. The summed E-state index contributed by atoms with van der Waals surface area (Å²) in [5, 5.41) is 6.23. The molecule has 3 nitrogen and oxygen atoms in total. The molecule has 2 N–H and O–H groups in total. The van der Waals surface area contributed by atoms with Crippen LogP contribution in [0.1, 0.15) is 32.1 Å². The lowest BCUT2D eigenvalue weighted by molar-refractivity contribution is -0.124. The molecule has 1 saturated carbocycles. The first kappa shape index (κ1) is 10.9. The third-order valence-corrected chi connectivity index (χ3v) is 4.05. The zero-order valence-electron chi connectivity index (χ0n) is 9.59. The van der Waals surface area contributed by atoms with Crippen LogP contribution in [0.5, 0.6) is 0 Å². The number of hydrogen-bond acceptors (Lipinski definition) is 2. The predicted molar refractivity (Wildman–Crippen MR) is 60.5 cm³/mol. The average molecular weight is 210 g/mol. The molecule has 2 unspecified atom stereocenters. The molecule has 1 saturated heterocycles. The van der Waals surface area contributed by atoms with Gasteiger partial charge in [-0.15, -0.1) is 0 Å². The van der Waals surface area contributed by atoms with Crippen LogP contribution in [0.2, 0.25) is 0 Å². The van der Waals surface area contributed by atoms with Crippen molar-refractivity contribution in [3.05, 3.63) is 0 Å². The summed E-state index contributed by atoms with van der Waals surface area (Å²) in [4.78, 5) is 11.7. The van der Waals surface area contributed by atoms with Crippen LogP contribution in [0, 0.1) is 17.8 Å². The Bertz CT molecular complexity index is 224. The van der Waals surface area contributed by atoms with E-state index in [4.69, 9.17) is 0 Å². The Kier molecular flexibility index (Phi) is 3.62. The smallest absolute Gasteiger partial charge is 0.223 e. The van der Waals surface area contributed by atoms with Crippen molar-refractivity contribution in [1.82, 2.24) is 10.6 Å². The standard InChI is InChI=1S/C12H22N2O/c1-13-8-11(9-4-2-3-5-9)10-6-7-14-12(10)15/h9-11,13H,2-8H2,1H3,(H,14,15). The van der Waals surface area contributed by atoms with Gasteiger partial charge in [-0.2, -0.15) is 0 Å². The summed E-state index contributed by atoms with van der Waals surface area (Å²) in [6.07, 6.45) is 6.42. The fraction of sp³-hybridized carbons (Fsp3) is 0.917. The fourth-order valence-corrected chi connectivity index (χ4v) is 3.28. The van der Waals surface area contributed by atoms with Gasteiger partial charge in [0.25, 0.3) is 0 Å². The first-order valence-electron chi connectivity index (χ1n) is 6.25. The number of nitrogens with one attached hydrogen (secondary N) is 2. The normalized spacial score (nSPS) is 29.4. The molecule has 1 aliphatic heterocycles. The molecule has 1 amide bonds. The molecule has 0 aromatic rings. The van der Waals surface area contributed by atoms with Gasteiger partial charge in [0.2, 0.25) is 5.91 Å². The molecule has 2 rings (SSSR count). The molecule has 1 heterocycles. The van der Waals surface area contributed by atoms with Crippen LogP contribution in [-0.2, 0) is 4.79 Å². The molecular weight excluding hydrogens is 188 g/mol. The Balaban J connectivity index is 2.00. The summed E-state index contributed by atoms with van der Waals surface area (Å²) >= 11 is 0. The van der Waals surface area contributed by atoms with Crippen molar-refractivity contribution in [3.8, 4) is 0 Å². The molecular formula is C12H22N2O. The third-order valence-electron chi connectivity index (χ3n) is 4.05. The second kappa shape index (κ2) is 4.97. The Morgan fingerprint density at radius 1 is 1.40 bits per heavy atom. The Morgan fingerprint density at radius 3 is 2.67 bits per heavy atom. The molecule has 0 bridgehead atoms. The van der Waals surface area contributed by atoms with Crippen LogP contribution in [0.4, 0.5) is 0 Å².